The minimum atomic E-state index is -0.916. The molecule has 142 valence electrons. The summed E-state index contributed by atoms with van der Waals surface area (Å²) in [6.45, 7) is 1.74. The summed E-state index contributed by atoms with van der Waals surface area (Å²) in [4.78, 5) is 19.5. The number of halogens is 1. The number of anilines is 1. The van der Waals surface area contributed by atoms with Gasteiger partial charge in [0.25, 0.3) is 5.56 Å². The fraction of sp³-hybridized carbons (Fsp3) is 0.150. The van der Waals surface area contributed by atoms with Gasteiger partial charge in [0.2, 0.25) is 5.95 Å². The Bertz CT molecular complexity index is 1150. The van der Waals surface area contributed by atoms with Crippen molar-refractivity contribution in [3.63, 3.8) is 0 Å². The van der Waals surface area contributed by atoms with Gasteiger partial charge in [-0.1, -0.05) is 30.3 Å². The second kappa shape index (κ2) is 7.24. The van der Waals surface area contributed by atoms with Crippen LogP contribution in [0.4, 0.5) is 10.3 Å². The smallest absolute Gasteiger partial charge is 0.263 e. The third-order valence-electron chi connectivity index (χ3n) is 4.49. The molecule has 7 nitrogen and oxygen atoms in total. The van der Waals surface area contributed by atoms with Crippen molar-refractivity contribution in [1.82, 2.24) is 19.7 Å². The fourth-order valence-electron chi connectivity index (χ4n) is 2.99. The molecule has 28 heavy (non-hydrogen) atoms. The summed E-state index contributed by atoms with van der Waals surface area (Å²) < 4.78 is 14.7. The Morgan fingerprint density at radius 1 is 1.14 bits per heavy atom. The van der Waals surface area contributed by atoms with Crippen LogP contribution in [0.2, 0.25) is 0 Å². The zero-order valence-corrected chi connectivity index (χ0v) is 15.0. The molecule has 3 N–H and O–H groups in total. The van der Waals surface area contributed by atoms with Gasteiger partial charge in [-0.3, -0.25) is 9.78 Å². The quantitative estimate of drug-likeness (QED) is 0.496. The molecular formula is C20H18FN5O2. The number of nitrogens with zero attached hydrogens (tertiary/aromatic N) is 3. The number of para-hydroxylation sites is 1. The number of fused-ring (bicyclic) bond motifs is 1. The summed E-state index contributed by atoms with van der Waals surface area (Å²) >= 11 is 0. The Balaban J connectivity index is 1.65. The van der Waals surface area contributed by atoms with Crippen molar-refractivity contribution in [3.8, 4) is 5.69 Å². The van der Waals surface area contributed by atoms with Crippen LogP contribution in [0.1, 0.15) is 18.6 Å². The predicted molar refractivity (Wildman–Crippen MR) is 104 cm³/mol. The van der Waals surface area contributed by atoms with Gasteiger partial charge in [-0.15, -0.1) is 0 Å². The SMILES string of the molecule is CC(Nc1nc2c(cnn2-c2ccccc2)c(=O)[nH]1)C(O)c1ccc(F)cc1. The molecule has 0 bridgehead atoms. The van der Waals surface area contributed by atoms with E-state index in [1.807, 2.05) is 30.3 Å². The first-order valence-electron chi connectivity index (χ1n) is 8.76. The van der Waals surface area contributed by atoms with Crippen LogP contribution >= 0.6 is 0 Å². The van der Waals surface area contributed by atoms with E-state index < -0.39 is 12.1 Å². The summed E-state index contributed by atoms with van der Waals surface area (Å²) in [7, 11) is 0. The van der Waals surface area contributed by atoms with E-state index in [1.54, 1.807) is 11.6 Å². The van der Waals surface area contributed by atoms with E-state index in [4.69, 9.17) is 0 Å². The van der Waals surface area contributed by atoms with Gasteiger partial charge >= 0.3 is 0 Å². The molecule has 4 aromatic rings. The first-order chi connectivity index (χ1) is 13.5. The minimum absolute atomic E-state index is 0.212. The first-order valence-corrected chi connectivity index (χ1v) is 8.76. The second-order valence-corrected chi connectivity index (χ2v) is 6.47. The van der Waals surface area contributed by atoms with Crippen LogP contribution in [-0.2, 0) is 0 Å². The second-order valence-electron chi connectivity index (χ2n) is 6.47. The monoisotopic (exact) mass is 379 g/mol. The Morgan fingerprint density at radius 2 is 1.86 bits per heavy atom. The molecule has 0 saturated carbocycles. The summed E-state index contributed by atoms with van der Waals surface area (Å²) in [5.41, 5.74) is 1.40. The number of H-pyrrole nitrogens is 1. The third-order valence-corrected chi connectivity index (χ3v) is 4.49. The highest BCUT2D eigenvalue weighted by Crippen LogP contribution is 2.20. The van der Waals surface area contributed by atoms with Gasteiger partial charge in [0.15, 0.2) is 5.65 Å². The molecule has 0 spiro atoms. The molecule has 0 aliphatic heterocycles. The van der Waals surface area contributed by atoms with E-state index >= 15 is 0 Å². The van der Waals surface area contributed by atoms with Crippen LogP contribution in [0.15, 0.2) is 65.6 Å². The van der Waals surface area contributed by atoms with Crippen molar-refractivity contribution >= 4 is 17.0 Å². The molecular weight excluding hydrogens is 361 g/mol. The van der Waals surface area contributed by atoms with Gasteiger partial charge in [-0.05, 0) is 36.8 Å². The normalized spacial score (nSPS) is 13.4. The van der Waals surface area contributed by atoms with E-state index in [9.17, 15) is 14.3 Å². The van der Waals surface area contributed by atoms with E-state index in [-0.39, 0.29) is 17.3 Å². The van der Waals surface area contributed by atoms with Crippen molar-refractivity contribution in [1.29, 1.82) is 0 Å². The zero-order chi connectivity index (χ0) is 19.7. The number of rotatable bonds is 5. The van der Waals surface area contributed by atoms with E-state index in [1.165, 1.54) is 30.5 Å². The summed E-state index contributed by atoms with van der Waals surface area (Å²) in [5.74, 6) is -0.161. The number of benzene rings is 2. The molecule has 0 aliphatic carbocycles. The van der Waals surface area contributed by atoms with Gasteiger partial charge in [-0.25, -0.2) is 9.07 Å². The van der Waals surface area contributed by atoms with Gasteiger partial charge in [0.05, 0.1) is 24.0 Å². The first kappa shape index (κ1) is 17.9. The lowest BCUT2D eigenvalue weighted by atomic mass is 10.0. The average Bonchev–Trinajstić information content (AvgIpc) is 3.13. The number of hydrogen-bond donors (Lipinski definition) is 3. The molecule has 0 aliphatic rings. The summed E-state index contributed by atoms with van der Waals surface area (Å²) in [5, 5.41) is 18.1. The lowest BCUT2D eigenvalue weighted by Crippen LogP contribution is -2.26. The average molecular weight is 379 g/mol. The lowest BCUT2D eigenvalue weighted by molar-refractivity contribution is 0.160. The third kappa shape index (κ3) is 3.37. The minimum Gasteiger partial charge on any atom is -0.386 e. The van der Waals surface area contributed by atoms with Crippen LogP contribution in [0, 0.1) is 5.82 Å². The van der Waals surface area contributed by atoms with Crippen LogP contribution in [0.5, 0.6) is 0 Å². The maximum Gasteiger partial charge on any atom is 0.263 e. The van der Waals surface area contributed by atoms with E-state index in [0.717, 1.165) is 5.69 Å². The Labute approximate surface area is 159 Å². The van der Waals surface area contributed by atoms with Crippen LogP contribution in [0.3, 0.4) is 0 Å². The van der Waals surface area contributed by atoms with Crippen LogP contribution in [0.25, 0.3) is 16.7 Å². The summed E-state index contributed by atoms with van der Waals surface area (Å²) in [6.07, 6.45) is 0.551. The number of hydrogen-bond acceptors (Lipinski definition) is 5. The predicted octanol–water partition coefficient (Wildman–Crippen LogP) is 2.78. The highest BCUT2D eigenvalue weighted by atomic mass is 19.1. The molecule has 0 fully saturated rings. The maximum absolute atomic E-state index is 13.1. The van der Waals surface area contributed by atoms with Crippen molar-refractivity contribution < 1.29 is 9.50 Å². The van der Waals surface area contributed by atoms with Gasteiger partial charge < -0.3 is 10.4 Å². The van der Waals surface area contributed by atoms with Gasteiger partial charge in [-0.2, -0.15) is 10.1 Å². The Morgan fingerprint density at radius 3 is 2.57 bits per heavy atom. The Hall–Kier alpha value is -3.52. The molecule has 2 aromatic carbocycles. The number of nitrogens with one attached hydrogen (secondary N) is 2. The van der Waals surface area contributed by atoms with Crippen molar-refractivity contribution in [2.45, 2.75) is 19.1 Å². The molecule has 0 radical (unpaired) electrons. The van der Waals surface area contributed by atoms with Crippen molar-refractivity contribution in [2.24, 2.45) is 0 Å². The largest absolute Gasteiger partial charge is 0.386 e. The van der Waals surface area contributed by atoms with Crippen molar-refractivity contribution in [2.75, 3.05) is 5.32 Å². The number of aliphatic hydroxyl groups is 1. The molecule has 0 amide bonds. The molecule has 4 rings (SSSR count). The molecule has 8 heteroatoms. The van der Waals surface area contributed by atoms with Gasteiger partial charge in [0.1, 0.15) is 11.2 Å². The molecule has 2 atom stereocenters. The van der Waals surface area contributed by atoms with Crippen LogP contribution in [-0.4, -0.2) is 30.9 Å². The number of aromatic nitrogens is 4. The van der Waals surface area contributed by atoms with E-state index in [2.05, 4.69) is 20.4 Å². The fourth-order valence-corrected chi connectivity index (χ4v) is 2.99. The van der Waals surface area contributed by atoms with Crippen LogP contribution < -0.4 is 10.9 Å². The topological polar surface area (TPSA) is 95.8 Å². The Kier molecular flexibility index (Phi) is 4.62. The standard InChI is InChI=1S/C20H18FN5O2/c1-12(17(27)13-7-9-14(21)10-8-13)23-20-24-18-16(19(28)25-20)11-22-26(18)15-5-3-2-4-6-15/h2-12,17,27H,1H3,(H2,23,24,25,28). The molecule has 2 heterocycles. The maximum atomic E-state index is 13.1. The van der Waals surface area contributed by atoms with E-state index in [0.29, 0.717) is 16.6 Å². The van der Waals surface area contributed by atoms with Crippen molar-refractivity contribution in [3.05, 3.63) is 82.5 Å². The lowest BCUT2D eigenvalue weighted by Gasteiger charge is -2.21. The van der Waals surface area contributed by atoms with Gasteiger partial charge in [0, 0.05) is 0 Å². The number of aromatic amines is 1. The molecule has 2 aromatic heterocycles. The highest BCUT2D eigenvalue weighted by molar-refractivity contribution is 5.76. The molecule has 2 unspecified atom stereocenters. The number of aliphatic hydroxyl groups excluding tert-OH is 1. The molecule has 0 saturated heterocycles. The summed E-state index contributed by atoms with van der Waals surface area (Å²) in [6, 6.07) is 14.5. The highest BCUT2D eigenvalue weighted by Gasteiger charge is 2.18. The zero-order valence-electron chi connectivity index (χ0n) is 15.0.